The predicted molar refractivity (Wildman–Crippen MR) is 120 cm³/mol. The van der Waals surface area contributed by atoms with Crippen LogP contribution in [-0.2, 0) is 26.8 Å². The zero-order valence-electron chi connectivity index (χ0n) is 19.0. The average molecular weight is 560 g/mol. The Kier molecular flexibility index (Phi) is 14.8. The number of hydrogen-bond donors (Lipinski definition) is 8. The summed E-state index contributed by atoms with van der Waals surface area (Å²) < 4.78 is 17.1. The minimum Gasteiger partial charge on any atom is -1.00 e. The fourth-order valence-corrected chi connectivity index (χ4v) is 3.87. The zero-order valence-corrected chi connectivity index (χ0v) is 21.5. The fraction of sp³-hybridized carbons (Fsp3) is 0.556. The number of nitrogen functional groups attached to an aromatic ring is 1. The summed E-state index contributed by atoms with van der Waals surface area (Å²) in [5.74, 6) is 1.08. The van der Waals surface area contributed by atoms with Crippen LogP contribution in [0.3, 0.4) is 0 Å². The highest BCUT2D eigenvalue weighted by molar-refractivity contribution is 7.46. The molecule has 2 heterocycles. The molecule has 17 heteroatoms. The van der Waals surface area contributed by atoms with Gasteiger partial charge >= 0.3 is 7.82 Å². The number of aromatic nitrogens is 3. The molecule has 14 nitrogen and oxygen atoms in total. The van der Waals surface area contributed by atoms with Gasteiger partial charge < -0.3 is 58.9 Å². The van der Waals surface area contributed by atoms with Crippen LogP contribution in [0.5, 0.6) is 0 Å². The van der Waals surface area contributed by atoms with Gasteiger partial charge in [-0.25, -0.2) is 14.5 Å². The quantitative estimate of drug-likeness (QED) is 0.0727. The molecule has 0 aliphatic carbocycles. The Morgan fingerprint density at radius 3 is 2.40 bits per heavy atom. The summed E-state index contributed by atoms with van der Waals surface area (Å²) >= 11 is 1.50. The molecule has 0 aliphatic heterocycles. The highest BCUT2D eigenvalue weighted by Crippen LogP contribution is 2.35. The maximum atomic E-state index is 10.7. The molecule has 2 aromatic heterocycles. The molecule has 2 aromatic rings. The molecule has 0 saturated heterocycles. The van der Waals surface area contributed by atoms with Gasteiger partial charge in [0.2, 0.25) is 5.51 Å². The van der Waals surface area contributed by atoms with Crippen molar-refractivity contribution >= 4 is 31.3 Å². The molecule has 2 rings (SSSR count). The first-order valence-corrected chi connectivity index (χ1v) is 12.3. The number of thiazole rings is 1. The predicted octanol–water partition coefficient (Wildman–Crippen LogP) is -5.68. The molecule has 4 atom stereocenters. The Balaban J connectivity index is 0.000000764. The third-order valence-electron chi connectivity index (χ3n) is 4.59. The number of aldehydes is 1. The van der Waals surface area contributed by atoms with Crippen LogP contribution in [-0.4, -0.2) is 84.0 Å². The van der Waals surface area contributed by atoms with Crippen molar-refractivity contribution in [3.8, 4) is 0 Å². The van der Waals surface area contributed by atoms with Crippen molar-refractivity contribution in [3.63, 3.8) is 0 Å². The van der Waals surface area contributed by atoms with E-state index in [9.17, 15) is 9.36 Å². The van der Waals surface area contributed by atoms with E-state index in [0.29, 0.717) is 24.6 Å². The van der Waals surface area contributed by atoms with Crippen molar-refractivity contribution in [3.05, 3.63) is 33.7 Å². The molecular formula is C18H31ClN5O9PS. The molecule has 0 amide bonds. The third-order valence-corrected chi connectivity index (χ3v) is 6.25. The van der Waals surface area contributed by atoms with Gasteiger partial charge in [-0.15, -0.1) is 0 Å². The number of carbonyl (C=O) groups is 1. The Bertz CT molecular complexity index is 980. The van der Waals surface area contributed by atoms with Crippen molar-refractivity contribution in [2.24, 2.45) is 5.73 Å². The molecule has 0 spiro atoms. The lowest BCUT2D eigenvalue weighted by Crippen LogP contribution is -3.00. The van der Waals surface area contributed by atoms with Gasteiger partial charge in [-0.2, -0.15) is 4.57 Å². The van der Waals surface area contributed by atoms with Gasteiger partial charge in [0.15, 0.2) is 12.2 Å². The number of rotatable bonds is 11. The summed E-state index contributed by atoms with van der Waals surface area (Å²) in [7, 11) is -4.41. The van der Waals surface area contributed by atoms with Gasteiger partial charge in [0.05, 0.1) is 29.7 Å². The molecule has 0 aromatic carbocycles. The first-order valence-electron chi connectivity index (χ1n) is 9.91. The van der Waals surface area contributed by atoms with Gasteiger partial charge in [0, 0.05) is 19.5 Å². The molecule has 200 valence electrons. The highest BCUT2D eigenvalue weighted by atomic mass is 35.5. The van der Waals surface area contributed by atoms with Crippen LogP contribution in [0, 0.1) is 13.8 Å². The number of aliphatic hydroxyl groups is 4. The summed E-state index contributed by atoms with van der Waals surface area (Å²) in [4.78, 5) is 36.7. The van der Waals surface area contributed by atoms with E-state index in [1.54, 1.807) is 13.1 Å². The number of anilines is 1. The summed E-state index contributed by atoms with van der Waals surface area (Å²) in [6.45, 7) is 3.54. The van der Waals surface area contributed by atoms with Crippen LogP contribution in [0.1, 0.15) is 22.0 Å². The van der Waals surface area contributed by atoms with E-state index in [1.807, 2.05) is 17.0 Å². The van der Waals surface area contributed by atoms with Gasteiger partial charge in [0.1, 0.15) is 36.2 Å². The monoisotopic (exact) mass is 559 g/mol. The van der Waals surface area contributed by atoms with E-state index >= 15 is 0 Å². The van der Waals surface area contributed by atoms with Crippen LogP contribution < -0.4 is 28.4 Å². The summed E-state index contributed by atoms with van der Waals surface area (Å²) in [5, 5.41) is 35.2. The number of aryl methyl sites for hydroxylation is 1. The number of phosphoric acid groups is 1. The number of nitrogens with two attached hydrogens (primary N) is 2. The van der Waals surface area contributed by atoms with E-state index in [-0.39, 0.29) is 25.3 Å². The van der Waals surface area contributed by atoms with Gasteiger partial charge in [-0.1, -0.05) is 11.3 Å². The molecule has 0 radical (unpaired) electrons. The van der Waals surface area contributed by atoms with Crippen molar-refractivity contribution in [2.45, 2.75) is 51.2 Å². The first kappa shape index (κ1) is 33.4. The minimum atomic E-state index is -4.41. The topological polar surface area (TPSA) is 246 Å². The van der Waals surface area contributed by atoms with Crippen molar-refractivity contribution in [2.75, 3.05) is 18.9 Å². The molecule has 0 unspecified atom stereocenters. The molecule has 35 heavy (non-hydrogen) atoms. The Morgan fingerprint density at radius 2 is 1.89 bits per heavy atom. The maximum Gasteiger partial charge on any atom is 0.469 e. The van der Waals surface area contributed by atoms with E-state index in [2.05, 4.69) is 14.5 Å². The van der Waals surface area contributed by atoms with Gasteiger partial charge in [0.25, 0.3) is 0 Å². The number of aliphatic hydroxyl groups excluding tert-OH is 4. The van der Waals surface area contributed by atoms with E-state index in [0.717, 1.165) is 16.1 Å². The molecule has 0 bridgehead atoms. The number of carbonyl (C=O) groups excluding carboxylic acids is 1. The summed E-state index contributed by atoms with van der Waals surface area (Å²) in [6.07, 6.45) is -2.28. The fourth-order valence-electron chi connectivity index (χ4n) is 2.57. The molecular weight excluding hydrogens is 529 g/mol. The first-order chi connectivity index (χ1) is 15.8. The lowest BCUT2D eigenvalue weighted by molar-refractivity contribution is -0.689. The normalized spacial score (nSPS) is 14.7. The van der Waals surface area contributed by atoms with Crippen molar-refractivity contribution in [1.29, 1.82) is 0 Å². The minimum absolute atomic E-state index is 0. The maximum absolute atomic E-state index is 10.7. The second-order valence-electron chi connectivity index (χ2n) is 7.21. The molecule has 0 fully saturated rings. The lowest BCUT2D eigenvalue weighted by Gasteiger charge is -2.23. The molecule has 0 saturated carbocycles. The van der Waals surface area contributed by atoms with Crippen LogP contribution >= 0.6 is 19.2 Å². The number of hydrogen-bond acceptors (Lipinski definition) is 12. The van der Waals surface area contributed by atoms with Crippen molar-refractivity contribution < 1.29 is 61.1 Å². The Hall–Kier alpha value is -1.62. The number of halogens is 1. The SMILES string of the molecule is Cc1ncc(C[n+]2csc(CCOP(=O)(O)O)c2C)c(N)n1.N[C@@H](C=O)[C@@H](O)[C@H](O)[C@H](O)CO.[Cl-]. The summed E-state index contributed by atoms with van der Waals surface area (Å²) in [6, 6.07) is -1.26. The highest BCUT2D eigenvalue weighted by Gasteiger charge is 2.28. The van der Waals surface area contributed by atoms with Crippen molar-refractivity contribution in [1.82, 2.24) is 9.97 Å². The molecule has 10 N–H and O–H groups in total. The average Bonchev–Trinajstić information content (AvgIpc) is 3.12. The Labute approximate surface area is 211 Å². The van der Waals surface area contributed by atoms with E-state index in [4.69, 9.17) is 41.7 Å². The Morgan fingerprint density at radius 1 is 1.26 bits per heavy atom. The lowest BCUT2D eigenvalue weighted by atomic mass is 10.0. The third kappa shape index (κ3) is 11.3. The van der Waals surface area contributed by atoms with Crippen LogP contribution in [0.4, 0.5) is 5.82 Å². The summed E-state index contributed by atoms with van der Waals surface area (Å²) in [5.41, 5.74) is 14.7. The zero-order chi connectivity index (χ0) is 26.1. The number of phosphoric ester groups is 1. The largest absolute Gasteiger partial charge is 1.00 e. The van der Waals surface area contributed by atoms with E-state index in [1.165, 1.54) is 11.3 Å². The smallest absolute Gasteiger partial charge is 0.469 e. The van der Waals surface area contributed by atoms with Gasteiger partial charge in [-0.05, 0) is 6.92 Å². The standard InChI is InChI=1S/C12H17N4O4PS.C6H13NO5.ClH/c1-8-11(3-4-20-21(17,18)19)22-7-16(8)6-10-5-14-9(2)15-12(10)13;7-3(1-8)5(11)6(12)4(10)2-9;/h5,7H,3-4,6H2,1-2H3,(H3-,13,14,15,17,18,19);1,3-6,9-12H,2,7H2;1H/t;3-,4+,5+,6+;/m.0./s1. The van der Waals surface area contributed by atoms with Gasteiger partial charge in [-0.3, -0.25) is 4.52 Å². The second kappa shape index (κ2) is 15.5. The van der Waals surface area contributed by atoms with Crippen LogP contribution in [0.2, 0.25) is 0 Å². The molecule has 0 aliphatic rings. The van der Waals surface area contributed by atoms with Crippen LogP contribution in [0.15, 0.2) is 11.7 Å². The van der Waals surface area contributed by atoms with Crippen LogP contribution in [0.25, 0.3) is 0 Å². The number of nitrogens with zero attached hydrogens (tertiary/aromatic N) is 3. The van der Waals surface area contributed by atoms with E-state index < -0.39 is 38.8 Å². The second-order valence-corrected chi connectivity index (χ2v) is 9.38.